The average Bonchev–Trinajstić information content (AvgIpc) is 2.59. The molecular weight excluding hydrogens is 516 g/mol. The minimum Gasteiger partial charge on any atom is -0.444 e. The van der Waals surface area contributed by atoms with Crippen molar-refractivity contribution < 1.29 is 46.9 Å². The molecule has 2 aliphatic carbocycles. The smallest absolute Gasteiger partial charge is 0.408 e. The number of alkyl halides is 4. The van der Waals surface area contributed by atoms with E-state index in [2.05, 4.69) is 0 Å². The van der Waals surface area contributed by atoms with E-state index >= 15 is 0 Å². The summed E-state index contributed by atoms with van der Waals surface area (Å²) in [6.07, 6.45) is -2.62. The third-order valence-corrected chi connectivity index (χ3v) is 6.07. The van der Waals surface area contributed by atoms with Crippen LogP contribution in [0, 0.1) is 11.8 Å². The number of aliphatic hydroxyl groups is 2. The van der Waals surface area contributed by atoms with Crippen LogP contribution in [0.5, 0.6) is 0 Å². The Morgan fingerprint density at radius 3 is 1.56 bits per heavy atom. The van der Waals surface area contributed by atoms with Crippen LogP contribution >= 0.6 is 12.4 Å². The Balaban J connectivity index is 0.000000713. The van der Waals surface area contributed by atoms with Gasteiger partial charge in [-0.1, -0.05) is 12.8 Å². The first kappa shape index (κ1) is 34.1. The number of alkyl carbamates (subject to hydrolysis) is 1. The molecular formula is C21H37ClF4N4O6. The molecule has 0 bridgehead atoms. The van der Waals surface area contributed by atoms with Crippen molar-refractivity contribution in [1.82, 2.24) is 5.32 Å². The first-order chi connectivity index (χ1) is 15.8. The van der Waals surface area contributed by atoms with E-state index in [1.54, 1.807) is 20.8 Å². The van der Waals surface area contributed by atoms with Crippen molar-refractivity contribution in [3.8, 4) is 0 Å². The molecule has 2 aliphatic rings. The summed E-state index contributed by atoms with van der Waals surface area (Å²) in [6, 6.07) is -4.00. The lowest BCUT2D eigenvalue weighted by molar-refractivity contribution is -0.153. The second kappa shape index (κ2) is 13.1. The van der Waals surface area contributed by atoms with Gasteiger partial charge in [-0.05, 0) is 46.5 Å². The van der Waals surface area contributed by atoms with Crippen LogP contribution in [0.4, 0.5) is 22.4 Å². The maximum Gasteiger partial charge on any atom is 0.408 e. The predicted octanol–water partition coefficient (Wildman–Crippen LogP) is 1.18. The third kappa shape index (κ3) is 8.89. The number of hydrogen-bond acceptors (Lipinski definition) is 7. The van der Waals surface area contributed by atoms with Crippen molar-refractivity contribution in [3.63, 3.8) is 0 Å². The minimum absolute atomic E-state index is 0. The molecule has 4 unspecified atom stereocenters. The minimum atomic E-state index is -3.44. The van der Waals surface area contributed by atoms with Gasteiger partial charge in [0.25, 0.3) is 11.8 Å². The van der Waals surface area contributed by atoms with Crippen LogP contribution in [0.15, 0.2) is 0 Å². The number of ether oxygens (including phenoxy) is 1. The predicted molar refractivity (Wildman–Crippen MR) is 123 cm³/mol. The molecule has 0 spiro atoms. The zero-order chi connectivity index (χ0) is 27.4. The highest BCUT2D eigenvalue weighted by Crippen LogP contribution is 2.43. The van der Waals surface area contributed by atoms with Gasteiger partial charge in [-0.3, -0.25) is 9.59 Å². The molecule has 212 valence electrons. The van der Waals surface area contributed by atoms with Crippen molar-refractivity contribution in [2.24, 2.45) is 29.0 Å². The Morgan fingerprint density at radius 2 is 1.25 bits per heavy atom. The van der Waals surface area contributed by atoms with Gasteiger partial charge in [0, 0.05) is 11.8 Å². The van der Waals surface area contributed by atoms with Crippen LogP contribution in [-0.4, -0.2) is 69.9 Å². The van der Waals surface area contributed by atoms with Gasteiger partial charge in [0.15, 0.2) is 12.2 Å². The monoisotopic (exact) mass is 552 g/mol. The van der Waals surface area contributed by atoms with Gasteiger partial charge in [0.05, 0.1) is 0 Å². The molecule has 2 saturated carbocycles. The summed E-state index contributed by atoms with van der Waals surface area (Å²) in [4.78, 5) is 33.1. The molecule has 2 rings (SSSR count). The van der Waals surface area contributed by atoms with E-state index in [4.69, 9.17) is 27.0 Å². The lowest BCUT2D eigenvalue weighted by Crippen LogP contribution is -2.61. The summed E-state index contributed by atoms with van der Waals surface area (Å²) in [6.45, 7) is 4.70. The van der Waals surface area contributed by atoms with E-state index in [9.17, 15) is 37.1 Å². The Bertz CT molecular complexity index is 763. The number of aliphatic hydroxyl groups excluding tert-OH is 2. The lowest BCUT2D eigenvalue weighted by Gasteiger charge is -2.39. The Morgan fingerprint density at radius 1 is 0.861 bits per heavy atom. The molecule has 0 aromatic rings. The number of carbonyl (C=O) groups is 3. The highest BCUT2D eigenvalue weighted by atomic mass is 35.5. The van der Waals surface area contributed by atoms with Crippen LogP contribution in [-0.2, 0) is 14.3 Å². The van der Waals surface area contributed by atoms with E-state index in [-0.39, 0.29) is 25.2 Å². The van der Waals surface area contributed by atoms with Gasteiger partial charge in [-0.15, -0.1) is 12.4 Å². The molecule has 3 amide bonds. The molecule has 36 heavy (non-hydrogen) atoms. The van der Waals surface area contributed by atoms with Crippen LogP contribution < -0.4 is 22.5 Å². The van der Waals surface area contributed by atoms with Gasteiger partial charge in [-0.2, -0.15) is 0 Å². The summed E-state index contributed by atoms with van der Waals surface area (Å²) in [7, 11) is 0. The van der Waals surface area contributed by atoms with E-state index in [0.717, 1.165) is 6.42 Å². The second-order valence-electron chi connectivity index (χ2n) is 9.95. The van der Waals surface area contributed by atoms with Gasteiger partial charge < -0.3 is 37.5 Å². The van der Waals surface area contributed by atoms with Crippen molar-refractivity contribution in [3.05, 3.63) is 0 Å². The summed E-state index contributed by atoms with van der Waals surface area (Å²) in [5, 5.41) is 20.5. The molecule has 0 heterocycles. The number of primary amides is 2. The third-order valence-electron chi connectivity index (χ3n) is 6.07. The fraction of sp³-hybridized carbons (Fsp3) is 0.857. The van der Waals surface area contributed by atoms with Gasteiger partial charge >= 0.3 is 6.09 Å². The SMILES string of the molecule is CC(C)(C)OC(=O)NC(C(O)C(N)=O)C(F)(F)C1CCC1.Cl.NC(=O)C(O)C(N)C(F)(F)C1CCC1. The first-order valence-corrected chi connectivity index (χ1v) is 11.3. The molecule has 10 nitrogen and oxygen atoms in total. The fourth-order valence-corrected chi connectivity index (χ4v) is 3.48. The van der Waals surface area contributed by atoms with Crippen molar-refractivity contribution in [2.45, 2.75) is 101 Å². The number of nitrogens with two attached hydrogens (primary N) is 3. The highest BCUT2D eigenvalue weighted by Gasteiger charge is 2.54. The number of amides is 3. The first-order valence-electron chi connectivity index (χ1n) is 11.3. The Hall–Kier alpha value is -1.90. The number of nitrogens with one attached hydrogen (secondary N) is 1. The summed E-state index contributed by atoms with van der Waals surface area (Å²) < 4.78 is 60.2. The molecule has 15 heteroatoms. The van der Waals surface area contributed by atoms with Crippen LogP contribution in [0.25, 0.3) is 0 Å². The molecule has 0 aliphatic heterocycles. The normalized spacial score (nSPS) is 20.1. The molecule has 0 radical (unpaired) electrons. The van der Waals surface area contributed by atoms with Gasteiger partial charge in [0.2, 0.25) is 11.8 Å². The number of halogens is 5. The second-order valence-corrected chi connectivity index (χ2v) is 9.95. The Kier molecular flexibility index (Phi) is 12.4. The van der Waals surface area contributed by atoms with Gasteiger partial charge in [0.1, 0.15) is 17.7 Å². The van der Waals surface area contributed by atoms with Crippen LogP contribution in [0.1, 0.15) is 59.3 Å². The van der Waals surface area contributed by atoms with E-state index in [1.165, 1.54) is 0 Å². The average molecular weight is 553 g/mol. The molecule has 9 N–H and O–H groups in total. The fourth-order valence-electron chi connectivity index (χ4n) is 3.48. The van der Waals surface area contributed by atoms with Gasteiger partial charge in [-0.25, -0.2) is 22.4 Å². The van der Waals surface area contributed by atoms with E-state index < -0.39 is 71.5 Å². The highest BCUT2D eigenvalue weighted by molar-refractivity contribution is 5.85. The number of rotatable bonds is 9. The van der Waals surface area contributed by atoms with Crippen molar-refractivity contribution in [2.75, 3.05) is 0 Å². The standard InChI is InChI=1S/C13H22F2N2O4.C8H14F2N2O2.ClH/c1-12(2,3)21-11(20)17-9(8(18)10(16)19)13(14,15)7-5-4-6-7;9-8(10,4-2-1-3-4)6(11)5(13)7(12)14;/h7-9,18H,4-6H2,1-3H3,(H2,16,19)(H,17,20);4-6,13H,1-3,11H2,(H2,12,14);1H. The summed E-state index contributed by atoms with van der Waals surface area (Å²) >= 11 is 0. The summed E-state index contributed by atoms with van der Waals surface area (Å²) in [5.74, 6) is -11.0. The topological polar surface area (TPSA) is 191 Å². The van der Waals surface area contributed by atoms with E-state index in [1.807, 2.05) is 5.32 Å². The quantitative estimate of drug-likeness (QED) is 0.231. The summed E-state index contributed by atoms with van der Waals surface area (Å²) in [5.41, 5.74) is 13.8. The number of carbonyl (C=O) groups excluding carboxylic acids is 3. The molecule has 0 saturated heterocycles. The number of hydrogen-bond donors (Lipinski definition) is 6. The molecule has 0 aromatic heterocycles. The molecule has 4 atom stereocenters. The Labute approximate surface area is 213 Å². The maximum absolute atomic E-state index is 14.3. The van der Waals surface area contributed by atoms with Crippen LogP contribution in [0.3, 0.4) is 0 Å². The van der Waals surface area contributed by atoms with Crippen molar-refractivity contribution >= 4 is 30.3 Å². The lowest BCUT2D eigenvalue weighted by atomic mass is 9.76. The van der Waals surface area contributed by atoms with Crippen LogP contribution in [0.2, 0.25) is 0 Å². The zero-order valence-corrected chi connectivity index (χ0v) is 21.2. The molecule has 0 aromatic carbocycles. The maximum atomic E-state index is 14.3. The largest absolute Gasteiger partial charge is 0.444 e. The van der Waals surface area contributed by atoms with Crippen molar-refractivity contribution in [1.29, 1.82) is 0 Å². The molecule has 2 fully saturated rings. The zero-order valence-electron chi connectivity index (χ0n) is 20.4. The van der Waals surface area contributed by atoms with E-state index in [0.29, 0.717) is 19.3 Å².